The summed E-state index contributed by atoms with van der Waals surface area (Å²) >= 11 is 0. The summed E-state index contributed by atoms with van der Waals surface area (Å²) in [6, 6.07) is 15.6. The van der Waals surface area contributed by atoms with Gasteiger partial charge in [0, 0.05) is 30.9 Å². The normalized spacial score (nSPS) is 20.1. The number of ether oxygens (including phenoxy) is 2. The zero-order chi connectivity index (χ0) is 25.9. The minimum Gasteiger partial charge on any atom is -0.507 e. The number of likely N-dealkylation sites (tertiary alicyclic amines) is 1. The second-order valence-corrected chi connectivity index (χ2v) is 9.51. The molecule has 190 valence electrons. The van der Waals surface area contributed by atoms with Crippen LogP contribution in [0.25, 0.3) is 5.76 Å². The molecule has 2 unspecified atom stereocenters. The monoisotopic (exact) mass is 498 g/mol. The van der Waals surface area contributed by atoms with Gasteiger partial charge in [0.2, 0.25) is 0 Å². The SMILES string of the molecule is CCCCOc1ccc(C2C(=C(O)c3ccc4c(c3)CC(C)O4)C(=O)C(=O)N2Cc2cccnc2)cc1. The quantitative estimate of drug-likeness (QED) is 0.199. The Bertz CT molecular complexity index is 1330. The van der Waals surface area contributed by atoms with Crippen LogP contribution in [-0.4, -0.2) is 39.4 Å². The number of carbonyl (C=O) groups excluding carboxylic acids is 2. The van der Waals surface area contributed by atoms with Crippen molar-refractivity contribution in [1.29, 1.82) is 0 Å². The molecule has 37 heavy (non-hydrogen) atoms. The largest absolute Gasteiger partial charge is 0.507 e. The lowest BCUT2D eigenvalue weighted by Gasteiger charge is -2.25. The van der Waals surface area contributed by atoms with Gasteiger partial charge in [0.15, 0.2) is 0 Å². The number of benzene rings is 2. The first kappa shape index (κ1) is 24.6. The van der Waals surface area contributed by atoms with Crippen molar-refractivity contribution in [2.75, 3.05) is 6.61 Å². The van der Waals surface area contributed by atoms with Crippen molar-refractivity contribution in [3.63, 3.8) is 0 Å². The van der Waals surface area contributed by atoms with Gasteiger partial charge in [-0.2, -0.15) is 0 Å². The Kier molecular flexibility index (Phi) is 6.95. The Balaban J connectivity index is 1.56. The first-order valence-electron chi connectivity index (χ1n) is 12.7. The molecule has 0 bridgehead atoms. The minimum absolute atomic E-state index is 0.0514. The number of ketones is 1. The van der Waals surface area contributed by atoms with Crippen molar-refractivity contribution >= 4 is 17.4 Å². The van der Waals surface area contributed by atoms with Gasteiger partial charge in [0.1, 0.15) is 23.4 Å². The highest BCUT2D eigenvalue weighted by Crippen LogP contribution is 2.41. The molecule has 1 fully saturated rings. The third kappa shape index (κ3) is 4.94. The molecule has 1 aromatic heterocycles. The van der Waals surface area contributed by atoms with Gasteiger partial charge in [-0.15, -0.1) is 0 Å². The van der Waals surface area contributed by atoms with Crippen molar-refractivity contribution in [3.05, 3.63) is 94.8 Å². The fourth-order valence-electron chi connectivity index (χ4n) is 4.88. The maximum absolute atomic E-state index is 13.4. The summed E-state index contributed by atoms with van der Waals surface area (Å²) in [4.78, 5) is 32.3. The average molecular weight is 499 g/mol. The van der Waals surface area contributed by atoms with Crippen LogP contribution in [0.5, 0.6) is 11.5 Å². The molecule has 1 N–H and O–H groups in total. The molecule has 2 aliphatic rings. The lowest BCUT2D eigenvalue weighted by atomic mass is 9.94. The fourth-order valence-corrected chi connectivity index (χ4v) is 4.88. The van der Waals surface area contributed by atoms with Gasteiger partial charge in [-0.25, -0.2) is 0 Å². The second-order valence-electron chi connectivity index (χ2n) is 9.51. The standard InChI is InChI=1S/C30H30N2O5/c1-3-4-14-36-24-10-7-21(8-11-24)27-26(28(33)22-9-12-25-23(16-22)15-19(2)37-25)29(34)30(35)32(27)18-20-6-5-13-31-17-20/h5-13,16-17,19,27,33H,3-4,14-15,18H2,1-2H3. The topological polar surface area (TPSA) is 89.0 Å². The van der Waals surface area contributed by atoms with Gasteiger partial charge < -0.3 is 19.5 Å². The van der Waals surface area contributed by atoms with E-state index in [1.54, 1.807) is 30.6 Å². The Labute approximate surface area is 216 Å². The van der Waals surface area contributed by atoms with Crippen LogP contribution in [0.15, 0.2) is 72.6 Å². The summed E-state index contributed by atoms with van der Waals surface area (Å²) in [5, 5.41) is 11.4. The molecular weight excluding hydrogens is 468 g/mol. The van der Waals surface area contributed by atoms with Crippen LogP contribution in [0, 0.1) is 0 Å². The van der Waals surface area contributed by atoms with E-state index in [-0.39, 0.29) is 24.0 Å². The highest BCUT2D eigenvalue weighted by atomic mass is 16.5. The zero-order valence-corrected chi connectivity index (χ0v) is 21.0. The van der Waals surface area contributed by atoms with Gasteiger partial charge in [-0.1, -0.05) is 31.5 Å². The minimum atomic E-state index is -0.756. The molecule has 1 saturated heterocycles. The average Bonchev–Trinajstić information content (AvgIpc) is 3.40. The fraction of sp³-hybridized carbons (Fsp3) is 0.300. The summed E-state index contributed by atoms with van der Waals surface area (Å²) in [5.74, 6) is -0.0651. The smallest absolute Gasteiger partial charge is 0.295 e. The van der Waals surface area contributed by atoms with E-state index in [0.29, 0.717) is 29.9 Å². The predicted octanol–water partition coefficient (Wildman–Crippen LogP) is 5.21. The van der Waals surface area contributed by atoms with Crippen LogP contribution in [0.2, 0.25) is 0 Å². The first-order chi connectivity index (χ1) is 18.0. The maximum Gasteiger partial charge on any atom is 0.295 e. The van der Waals surface area contributed by atoms with Gasteiger partial charge in [0.25, 0.3) is 11.7 Å². The number of hydrogen-bond donors (Lipinski definition) is 1. The van der Waals surface area contributed by atoms with E-state index in [2.05, 4.69) is 11.9 Å². The first-order valence-corrected chi connectivity index (χ1v) is 12.7. The molecule has 5 rings (SSSR count). The van der Waals surface area contributed by atoms with Crippen LogP contribution in [0.3, 0.4) is 0 Å². The number of carbonyl (C=O) groups is 2. The van der Waals surface area contributed by atoms with Gasteiger partial charge >= 0.3 is 0 Å². The van der Waals surface area contributed by atoms with E-state index in [9.17, 15) is 14.7 Å². The lowest BCUT2D eigenvalue weighted by molar-refractivity contribution is -0.140. The summed E-state index contributed by atoms with van der Waals surface area (Å²) < 4.78 is 11.6. The van der Waals surface area contributed by atoms with Crippen molar-refractivity contribution < 1.29 is 24.2 Å². The van der Waals surface area contributed by atoms with E-state index in [1.165, 1.54) is 4.90 Å². The molecule has 0 aliphatic carbocycles. The molecule has 2 aromatic carbocycles. The van der Waals surface area contributed by atoms with Gasteiger partial charge in [0.05, 0.1) is 18.2 Å². The van der Waals surface area contributed by atoms with Crippen LogP contribution < -0.4 is 9.47 Å². The van der Waals surface area contributed by atoms with Gasteiger partial charge in [-0.3, -0.25) is 14.6 Å². The van der Waals surface area contributed by atoms with Crippen LogP contribution in [0.1, 0.15) is 55.0 Å². The van der Waals surface area contributed by atoms with E-state index >= 15 is 0 Å². The molecule has 0 saturated carbocycles. The number of pyridine rings is 1. The lowest BCUT2D eigenvalue weighted by Crippen LogP contribution is -2.29. The number of fused-ring (bicyclic) bond motifs is 1. The second kappa shape index (κ2) is 10.5. The number of rotatable bonds is 8. The third-order valence-corrected chi connectivity index (χ3v) is 6.75. The summed E-state index contributed by atoms with van der Waals surface area (Å²) in [5.41, 5.74) is 3.02. The molecule has 2 aliphatic heterocycles. The zero-order valence-electron chi connectivity index (χ0n) is 21.0. The van der Waals surface area contributed by atoms with E-state index in [1.807, 2.05) is 43.3 Å². The molecule has 7 heteroatoms. The Morgan fingerprint density at radius 1 is 1.16 bits per heavy atom. The van der Waals surface area contributed by atoms with Crippen molar-refractivity contribution in [2.24, 2.45) is 0 Å². The maximum atomic E-state index is 13.4. The molecule has 7 nitrogen and oxygen atoms in total. The van der Waals surface area contributed by atoms with Crippen LogP contribution >= 0.6 is 0 Å². The summed E-state index contributed by atoms with van der Waals surface area (Å²) in [7, 11) is 0. The number of aliphatic hydroxyl groups is 1. The number of aliphatic hydroxyl groups excluding tert-OH is 1. The number of hydrogen-bond acceptors (Lipinski definition) is 6. The Morgan fingerprint density at radius 2 is 1.97 bits per heavy atom. The van der Waals surface area contributed by atoms with E-state index in [0.717, 1.165) is 29.7 Å². The van der Waals surface area contributed by atoms with Crippen molar-refractivity contribution in [3.8, 4) is 11.5 Å². The highest BCUT2D eigenvalue weighted by molar-refractivity contribution is 6.46. The molecule has 2 atom stereocenters. The number of Topliss-reactive ketones (excluding diaryl/α,β-unsaturated/α-hetero) is 1. The molecule has 3 aromatic rings. The molecule has 0 spiro atoms. The Morgan fingerprint density at radius 3 is 2.70 bits per heavy atom. The molecule has 0 radical (unpaired) electrons. The number of amides is 1. The van der Waals surface area contributed by atoms with Crippen molar-refractivity contribution in [2.45, 2.75) is 51.8 Å². The summed E-state index contributed by atoms with van der Waals surface area (Å²) in [6.45, 7) is 4.89. The highest BCUT2D eigenvalue weighted by Gasteiger charge is 2.46. The number of nitrogens with zero attached hydrogens (tertiary/aromatic N) is 2. The van der Waals surface area contributed by atoms with Gasteiger partial charge in [-0.05, 0) is 66.4 Å². The van der Waals surface area contributed by atoms with E-state index in [4.69, 9.17) is 9.47 Å². The number of aromatic nitrogens is 1. The molecule has 1 amide bonds. The van der Waals surface area contributed by atoms with Crippen molar-refractivity contribution in [1.82, 2.24) is 9.88 Å². The number of unbranched alkanes of at least 4 members (excludes halogenated alkanes) is 1. The predicted molar refractivity (Wildman–Crippen MR) is 139 cm³/mol. The molecule has 3 heterocycles. The van der Waals surface area contributed by atoms with E-state index < -0.39 is 17.7 Å². The van der Waals surface area contributed by atoms with Crippen LogP contribution in [-0.2, 0) is 22.6 Å². The van der Waals surface area contributed by atoms with Crippen LogP contribution in [0.4, 0.5) is 0 Å². The summed E-state index contributed by atoms with van der Waals surface area (Å²) in [6.07, 6.45) is 6.09. The Hall–Kier alpha value is -4.13. The third-order valence-electron chi connectivity index (χ3n) is 6.75. The molecular formula is C30H30N2O5.